The molecular formula is C10H12N4O4. The summed E-state index contributed by atoms with van der Waals surface area (Å²) in [6, 6.07) is 0. The SMILES string of the molecule is O=c1[nH]ccn2c([C@H]3C[C@H](O)[C@@H](CO)O3)nnc12. The number of H-pyrrole nitrogens is 1. The molecule has 1 aliphatic rings. The average Bonchev–Trinajstić information content (AvgIpc) is 2.93. The van der Waals surface area contributed by atoms with Crippen LogP contribution in [0.25, 0.3) is 5.65 Å². The van der Waals surface area contributed by atoms with Crippen molar-refractivity contribution < 1.29 is 14.9 Å². The fourth-order valence-corrected chi connectivity index (χ4v) is 2.14. The molecule has 0 unspecified atom stereocenters. The number of nitrogens with one attached hydrogen (secondary N) is 1. The predicted molar refractivity (Wildman–Crippen MR) is 58.9 cm³/mol. The summed E-state index contributed by atoms with van der Waals surface area (Å²) in [6.07, 6.45) is 1.58. The Bertz CT molecular complexity index is 622. The van der Waals surface area contributed by atoms with Crippen LogP contribution in [0.4, 0.5) is 0 Å². The lowest BCUT2D eigenvalue weighted by Gasteiger charge is -2.10. The molecule has 0 bridgehead atoms. The molecule has 18 heavy (non-hydrogen) atoms. The molecule has 0 aromatic carbocycles. The molecule has 3 heterocycles. The number of aromatic amines is 1. The van der Waals surface area contributed by atoms with E-state index in [4.69, 9.17) is 9.84 Å². The Morgan fingerprint density at radius 3 is 3.11 bits per heavy atom. The molecule has 3 rings (SSSR count). The van der Waals surface area contributed by atoms with Crippen LogP contribution in [0.3, 0.4) is 0 Å². The maximum atomic E-state index is 11.5. The van der Waals surface area contributed by atoms with Gasteiger partial charge in [-0.1, -0.05) is 0 Å². The molecule has 1 aliphatic heterocycles. The number of aliphatic hydroxyl groups excluding tert-OH is 2. The Labute approximate surface area is 101 Å². The first-order chi connectivity index (χ1) is 8.70. The van der Waals surface area contributed by atoms with Crippen LogP contribution in [-0.2, 0) is 4.74 Å². The minimum atomic E-state index is -0.741. The molecule has 0 radical (unpaired) electrons. The zero-order chi connectivity index (χ0) is 12.7. The van der Waals surface area contributed by atoms with E-state index in [1.165, 1.54) is 10.6 Å². The first-order valence-electron chi connectivity index (χ1n) is 5.57. The molecule has 0 spiro atoms. The lowest BCUT2D eigenvalue weighted by Crippen LogP contribution is -2.24. The Morgan fingerprint density at radius 1 is 1.56 bits per heavy atom. The van der Waals surface area contributed by atoms with E-state index >= 15 is 0 Å². The van der Waals surface area contributed by atoms with E-state index in [0.29, 0.717) is 12.2 Å². The molecular weight excluding hydrogens is 240 g/mol. The second-order valence-electron chi connectivity index (χ2n) is 4.19. The van der Waals surface area contributed by atoms with Gasteiger partial charge in [0.25, 0.3) is 5.56 Å². The Hall–Kier alpha value is -1.77. The van der Waals surface area contributed by atoms with Gasteiger partial charge >= 0.3 is 0 Å². The summed E-state index contributed by atoms with van der Waals surface area (Å²) < 4.78 is 7.00. The number of fused-ring (bicyclic) bond motifs is 1. The van der Waals surface area contributed by atoms with Crippen LogP contribution in [0.1, 0.15) is 18.3 Å². The van der Waals surface area contributed by atoms with Crippen molar-refractivity contribution in [3.8, 4) is 0 Å². The Morgan fingerprint density at radius 2 is 2.39 bits per heavy atom. The summed E-state index contributed by atoms with van der Waals surface area (Å²) in [5.41, 5.74) is -0.161. The minimum absolute atomic E-state index is 0.179. The summed E-state index contributed by atoms with van der Waals surface area (Å²) in [7, 11) is 0. The van der Waals surface area contributed by atoms with Crippen LogP contribution in [-0.4, -0.2) is 48.6 Å². The molecule has 8 nitrogen and oxygen atoms in total. The highest BCUT2D eigenvalue weighted by Gasteiger charge is 2.36. The third-order valence-electron chi connectivity index (χ3n) is 3.06. The fourth-order valence-electron chi connectivity index (χ4n) is 2.14. The van der Waals surface area contributed by atoms with Crippen molar-refractivity contribution in [3.05, 3.63) is 28.6 Å². The summed E-state index contributed by atoms with van der Waals surface area (Å²) in [4.78, 5) is 14.0. The Kier molecular flexibility index (Phi) is 2.62. The monoisotopic (exact) mass is 252 g/mol. The normalized spacial score (nSPS) is 28.0. The highest BCUT2D eigenvalue weighted by atomic mass is 16.5. The third-order valence-corrected chi connectivity index (χ3v) is 3.06. The zero-order valence-electron chi connectivity index (χ0n) is 9.35. The van der Waals surface area contributed by atoms with Crippen LogP contribution in [0.2, 0.25) is 0 Å². The molecule has 2 aromatic rings. The van der Waals surface area contributed by atoms with Gasteiger partial charge < -0.3 is 19.9 Å². The maximum absolute atomic E-state index is 11.5. The second kappa shape index (κ2) is 4.16. The van der Waals surface area contributed by atoms with Crippen molar-refractivity contribution in [2.24, 2.45) is 0 Å². The maximum Gasteiger partial charge on any atom is 0.293 e. The zero-order valence-corrected chi connectivity index (χ0v) is 9.35. The summed E-state index contributed by atoms with van der Waals surface area (Å²) >= 11 is 0. The van der Waals surface area contributed by atoms with Gasteiger partial charge in [-0.3, -0.25) is 9.20 Å². The van der Waals surface area contributed by atoms with E-state index in [9.17, 15) is 9.90 Å². The first kappa shape index (κ1) is 11.3. The largest absolute Gasteiger partial charge is 0.394 e. The van der Waals surface area contributed by atoms with Crippen LogP contribution < -0.4 is 5.56 Å². The third kappa shape index (κ3) is 1.62. The molecule has 3 atom stereocenters. The molecule has 0 aliphatic carbocycles. The lowest BCUT2D eigenvalue weighted by atomic mass is 10.1. The van der Waals surface area contributed by atoms with Crippen LogP contribution in [0.15, 0.2) is 17.2 Å². The van der Waals surface area contributed by atoms with Crippen LogP contribution in [0, 0.1) is 0 Å². The number of aliphatic hydroxyl groups is 2. The Balaban J connectivity index is 2.01. The molecule has 1 saturated heterocycles. The van der Waals surface area contributed by atoms with Crippen molar-refractivity contribution >= 4 is 5.65 Å². The predicted octanol–water partition coefficient (Wildman–Crippen LogP) is -1.40. The standard InChI is InChI=1S/C10H12N4O4/c15-4-7-5(16)3-6(18-7)8-12-13-9-10(17)11-1-2-14(8)9/h1-2,5-7,15-16H,3-4H2,(H,11,17)/t5-,6+,7+/m0/s1. The first-order valence-corrected chi connectivity index (χ1v) is 5.57. The van der Waals surface area contributed by atoms with Gasteiger partial charge in [-0.25, -0.2) is 0 Å². The van der Waals surface area contributed by atoms with Crippen molar-refractivity contribution in [2.45, 2.75) is 24.7 Å². The quantitative estimate of drug-likeness (QED) is 0.606. The van der Waals surface area contributed by atoms with E-state index in [1.54, 1.807) is 6.20 Å². The average molecular weight is 252 g/mol. The number of ether oxygens (including phenoxy) is 1. The van der Waals surface area contributed by atoms with E-state index in [0.717, 1.165) is 0 Å². The van der Waals surface area contributed by atoms with Crippen molar-refractivity contribution in [3.63, 3.8) is 0 Å². The number of aromatic nitrogens is 4. The van der Waals surface area contributed by atoms with E-state index < -0.39 is 18.3 Å². The van der Waals surface area contributed by atoms with Crippen molar-refractivity contribution in [2.75, 3.05) is 6.61 Å². The number of hydrogen-bond donors (Lipinski definition) is 3. The minimum Gasteiger partial charge on any atom is -0.394 e. The van der Waals surface area contributed by atoms with Crippen molar-refractivity contribution in [1.29, 1.82) is 0 Å². The molecule has 1 fully saturated rings. The van der Waals surface area contributed by atoms with Gasteiger partial charge in [-0.2, -0.15) is 0 Å². The van der Waals surface area contributed by atoms with E-state index in [1.807, 2.05) is 0 Å². The van der Waals surface area contributed by atoms with Crippen LogP contribution in [0.5, 0.6) is 0 Å². The van der Waals surface area contributed by atoms with Gasteiger partial charge in [0.15, 0.2) is 5.82 Å². The number of rotatable bonds is 2. The summed E-state index contributed by atoms with van der Waals surface area (Å²) in [5, 5.41) is 26.4. The topological polar surface area (TPSA) is 113 Å². The van der Waals surface area contributed by atoms with Gasteiger partial charge in [0, 0.05) is 18.8 Å². The smallest absolute Gasteiger partial charge is 0.293 e. The molecule has 0 amide bonds. The van der Waals surface area contributed by atoms with Gasteiger partial charge in [-0.15, -0.1) is 10.2 Å². The van der Waals surface area contributed by atoms with E-state index in [-0.39, 0.29) is 17.8 Å². The molecule has 2 aromatic heterocycles. The second-order valence-corrected chi connectivity index (χ2v) is 4.19. The van der Waals surface area contributed by atoms with Gasteiger partial charge in [0.2, 0.25) is 5.65 Å². The highest BCUT2D eigenvalue weighted by molar-refractivity contribution is 5.34. The molecule has 3 N–H and O–H groups in total. The van der Waals surface area contributed by atoms with Gasteiger partial charge in [-0.05, 0) is 0 Å². The van der Waals surface area contributed by atoms with Gasteiger partial charge in [0.1, 0.15) is 12.2 Å². The lowest BCUT2D eigenvalue weighted by molar-refractivity contribution is -0.0249. The van der Waals surface area contributed by atoms with E-state index in [2.05, 4.69) is 15.2 Å². The fraction of sp³-hybridized carbons (Fsp3) is 0.500. The number of nitrogens with zero attached hydrogens (tertiary/aromatic N) is 3. The highest BCUT2D eigenvalue weighted by Crippen LogP contribution is 2.31. The summed E-state index contributed by atoms with van der Waals surface area (Å²) in [5.74, 6) is 0.450. The molecule has 96 valence electrons. The van der Waals surface area contributed by atoms with Gasteiger partial charge in [0.05, 0.1) is 12.7 Å². The molecule has 8 heteroatoms. The van der Waals surface area contributed by atoms with Crippen molar-refractivity contribution in [1.82, 2.24) is 19.6 Å². The molecule has 0 saturated carbocycles. The number of hydrogen-bond acceptors (Lipinski definition) is 6. The summed E-state index contributed by atoms with van der Waals surface area (Å²) in [6.45, 7) is -0.255. The van der Waals surface area contributed by atoms with Crippen LogP contribution >= 0.6 is 0 Å².